The van der Waals surface area contributed by atoms with Crippen molar-refractivity contribution in [2.75, 3.05) is 45.4 Å². The Labute approximate surface area is 358 Å². The molecule has 0 saturated carbocycles. The summed E-state index contributed by atoms with van der Waals surface area (Å²) in [6, 6.07) is -9.38. The normalized spacial score (nSPS) is 26.1. The molecule has 346 valence electrons. The van der Waals surface area contributed by atoms with Gasteiger partial charge in [0, 0.05) is 13.0 Å². The van der Waals surface area contributed by atoms with Crippen LogP contribution in [0.5, 0.6) is 0 Å². The number of phosphoric acid groups is 1. The van der Waals surface area contributed by atoms with Gasteiger partial charge in [-0.05, 0) is 76.3 Å². The van der Waals surface area contributed by atoms with Gasteiger partial charge in [0.25, 0.3) is 5.91 Å². The fraction of sp³-hybridized carbons (Fsp3) is 0.778. The quantitative estimate of drug-likeness (QED) is 0.0541. The minimum absolute atomic E-state index is 0.0275. The number of phosphoric ester groups is 1. The molecule has 0 aromatic heterocycles. The van der Waals surface area contributed by atoms with Gasteiger partial charge in [-0.1, -0.05) is 13.8 Å². The highest BCUT2D eigenvalue weighted by atomic mass is 32.2. The van der Waals surface area contributed by atoms with E-state index < -0.39 is 116 Å². The van der Waals surface area contributed by atoms with E-state index in [4.69, 9.17) is 14.0 Å². The molecule has 3 aliphatic rings. The second-order valence-electron chi connectivity index (χ2n) is 15.4. The lowest BCUT2D eigenvalue weighted by Crippen LogP contribution is -2.63. The monoisotopic (exact) mass is 908 g/mol. The number of aliphatic hydroxyl groups excluding tert-OH is 1. The van der Waals surface area contributed by atoms with Crippen molar-refractivity contribution in [3.8, 4) is 0 Å². The molecular weight excluding hydrogens is 847 g/mol. The van der Waals surface area contributed by atoms with E-state index >= 15 is 0 Å². The summed E-state index contributed by atoms with van der Waals surface area (Å²) in [6.07, 6.45) is -0.105. The number of hydrogen-bond acceptors (Lipinski definition) is 15. The highest BCUT2D eigenvalue weighted by molar-refractivity contribution is 7.98. The number of rotatable bonds is 16. The zero-order valence-corrected chi connectivity index (χ0v) is 36.7. The molecule has 10 N–H and O–H groups in total. The average molecular weight is 909 g/mol. The van der Waals surface area contributed by atoms with Gasteiger partial charge in [-0.2, -0.15) is 11.8 Å². The van der Waals surface area contributed by atoms with Gasteiger partial charge in [-0.15, -0.1) is 0 Å². The number of methoxy groups -OCH3 is 1. The third-order valence-electron chi connectivity index (χ3n) is 10.2. The maximum atomic E-state index is 14.5. The molecule has 3 heterocycles. The molecule has 0 radical (unpaired) electrons. The molecule has 3 fully saturated rings. The summed E-state index contributed by atoms with van der Waals surface area (Å²) >= 11 is 1.42. The van der Waals surface area contributed by atoms with Crippen LogP contribution in [0.25, 0.3) is 0 Å². The summed E-state index contributed by atoms with van der Waals surface area (Å²) in [7, 11) is -4.19. The van der Waals surface area contributed by atoms with Crippen LogP contribution >= 0.6 is 19.6 Å². The summed E-state index contributed by atoms with van der Waals surface area (Å²) in [6.45, 7) is 3.88. The predicted molar refractivity (Wildman–Crippen MR) is 217 cm³/mol. The number of ether oxygens (including phenoxy) is 2. The van der Waals surface area contributed by atoms with Gasteiger partial charge < -0.3 is 66.5 Å². The first-order chi connectivity index (χ1) is 28.8. The Kier molecular flexibility index (Phi) is 20.8. The Hall–Kier alpha value is -3.90. The Morgan fingerprint density at radius 3 is 2.28 bits per heavy atom. The smallest absolute Gasteiger partial charge is 0.467 e. The molecule has 0 aromatic carbocycles. The van der Waals surface area contributed by atoms with Gasteiger partial charge in [-0.25, -0.2) is 9.36 Å². The fourth-order valence-corrected chi connectivity index (χ4v) is 8.13. The van der Waals surface area contributed by atoms with E-state index in [-0.39, 0.29) is 57.6 Å². The van der Waals surface area contributed by atoms with Crippen LogP contribution in [0.3, 0.4) is 0 Å². The fourth-order valence-electron chi connectivity index (χ4n) is 7.11. The first kappa shape index (κ1) is 51.5. The van der Waals surface area contributed by atoms with Crippen molar-refractivity contribution in [1.29, 1.82) is 0 Å². The Balaban J connectivity index is 1.97. The van der Waals surface area contributed by atoms with Crippen molar-refractivity contribution in [2.24, 2.45) is 5.92 Å². The minimum atomic E-state index is -5.34. The molecule has 9 atom stereocenters. The van der Waals surface area contributed by atoms with Gasteiger partial charge in [0.15, 0.2) is 0 Å². The summed E-state index contributed by atoms with van der Waals surface area (Å²) in [5.74, 6) is -6.27. The zero-order valence-electron chi connectivity index (χ0n) is 35.0. The van der Waals surface area contributed by atoms with Gasteiger partial charge >= 0.3 is 13.8 Å². The number of carbonyl (C=O) groups excluding carboxylic acids is 8. The van der Waals surface area contributed by atoms with E-state index in [1.165, 1.54) is 11.8 Å². The summed E-state index contributed by atoms with van der Waals surface area (Å²) in [5.41, 5.74) is 0. The van der Waals surface area contributed by atoms with E-state index in [0.29, 0.717) is 18.7 Å². The van der Waals surface area contributed by atoms with E-state index in [0.717, 1.165) is 25.4 Å². The lowest BCUT2D eigenvalue weighted by molar-refractivity contribution is -0.156. The van der Waals surface area contributed by atoms with Crippen LogP contribution in [0, 0.1) is 5.92 Å². The molecule has 3 saturated heterocycles. The number of amides is 7. The van der Waals surface area contributed by atoms with Crippen molar-refractivity contribution < 1.29 is 71.8 Å². The third kappa shape index (κ3) is 16.1. The standard InChI is InChI=1S/C36H61N8O15PS/c1-19(2)17-24(36(53)57-4)41-34(51)26-9-11-28-44(26)35(52)29(20(3)59-60(54,55)56)43-33(50)25(18-45)42-31(48)22(8-10-27(46)38-14-15-58-28)39-32(49)23(12-16-61-5)40-30(47)21-7-6-13-37-21/h19-26,28-29,37,45H,6-18H2,1-5H3,(H,38,46)(H,39,49)(H,40,47)(H,41,51)(H,42,48)(H,43,50)(H2,54,55,56)/t20-,21+,22+,23+,24+,25+,26+,28-,29+/m1/s1. The summed E-state index contributed by atoms with van der Waals surface area (Å²) in [5, 5.41) is 28.4. The topological polar surface area (TPSA) is 329 Å². The third-order valence-corrected chi connectivity index (χ3v) is 11.5. The second kappa shape index (κ2) is 24.7. The van der Waals surface area contributed by atoms with Crippen molar-refractivity contribution in [2.45, 2.75) is 127 Å². The van der Waals surface area contributed by atoms with Crippen molar-refractivity contribution in [3.63, 3.8) is 0 Å². The number of esters is 1. The van der Waals surface area contributed by atoms with Gasteiger partial charge in [0.1, 0.15) is 42.5 Å². The van der Waals surface area contributed by atoms with Crippen LogP contribution < -0.4 is 37.2 Å². The SMILES string of the molecule is COC(=O)[C@H](CC(C)C)NC(=O)[C@@H]1CC[C@H]2OCCNC(=O)CC[C@H](NC(=O)[C@H](CCSC)NC(=O)[C@@H]3CCCN3)C(=O)N[C@@H](CO)C(=O)N[C@@H]([C@@H](C)OP(=O)(O)O)C(=O)N21. The summed E-state index contributed by atoms with van der Waals surface area (Å²) in [4.78, 5) is 128. The number of fused-ring (bicyclic) bond motifs is 1. The van der Waals surface area contributed by atoms with E-state index in [1.807, 2.05) is 20.1 Å². The van der Waals surface area contributed by atoms with Crippen LogP contribution in [0.4, 0.5) is 0 Å². The second-order valence-corrected chi connectivity index (χ2v) is 17.5. The molecule has 3 aliphatic heterocycles. The van der Waals surface area contributed by atoms with Crippen LogP contribution in [0.15, 0.2) is 0 Å². The predicted octanol–water partition coefficient (Wildman–Crippen LogP) is -3.13. The highest BCUT2D eigenvalue weighted by Crippen LogP contribution is 2.39. The van der Waals surface area contributed by atoms with Crippen LogP contribution in [-0.2, 0) is 56.9 Å². The molecule has 0 spiro atoms. The van der Waals surface area contributed by atoms with Crippen LogP contribution in [0.2, 0.25) is 0 Å². The maximum Gasteiger partial charge on any atom is 0.469 e. The molecule has 25 heteroatoms. The largest absolute Gasteiger partial charge is 0.469 e. The van der Waals surface area contributed by atoms with Crippen molar-refractivity contribution in [1.82, 2.24) is 42.1 Å². The van der Waals surface area contributed by atoms with Crippen molar-refractivity contribution >= 4 is 66.9 Å². The lowest BCUT2D eigenvalue weighted by Gasteiger charge is -2.35. The lowest BCUT2D eigenvalue weighted by atomic mass is 10.0. The molecule has 23 nitrogen and oxygen atoms in total. The molecule has 7 amide bonds. The van der Waals surface area contributed by atoms with Gasteiger partial charge in [0.2, 0.25) is 35.4 Å². The molecule has 3 rings (SSSR count). The zero-order chi connectivity index (χ0) is 45.4. The van der Waals surface area contributed by atoms with E-state index in [9.17, 15) is 57.8 Å². The van der Waals surface area contributed by atoms with Gasteiger partial charge in [0.05, 0.1) is 32.5 Å². The van der Waals surface area contributed by atoms with Crippen molar-refractivity contribution in [3.05, 3.63) is 0 Å². The highest BCUT2D eigenvalue weighted by Gasteiger charge is 2.47. The number of nitrogens with one attached hydrogen (secondary N) is 7. The number of aliphatic hydroxyl groups is 1. The van der Waals surface area contributed by atoms with Gasteiger partial charge in [-0.3, -0.25) is 38.1 Å². The van der Waals surface area contributed by atoms with Crippen LogP contribution in [0.1, 0.15) is 72.1 Å². The number of nitrogens with zero attached hydrogens (tertiary/aromatic N) is 1. The van der Waals surface area contributed by atoms with Crippen LogP contribution in [-0.4, -0.2) is 167 Å². The number of carbonyl (C=O) groups is 8. The van der Waals surface area contributed by atoms with E-state index in [1.54, 1.807) is 0 Å². The Morgan fingerprint density at radius 1 is 0.967 bits per heavy atom. The average Bonchev–Trinajstić information content (AvgIpc) is 3.90. The van der Waals surface area contributed by atoms with E-state index in [2.05, 4.69) is 37.2 Å². The number of hydrogen-bond donors (Lipinski definition) is 10. The maximum absolute atomic E-state index is 14.5. The Bertz CT molecular complexity index is 1620. The Morgan fingerprint density at radius 2 is 1.67 bits per heavy atom. The first-order valence-electron chi connectivity index (χ1n) is 20.2. The number of thioether (sulfide) groups is 1. The minimum Gasteiger partial charge on any atom is -0.467 e. The molecule has 0 aliphatic carbocycles. The first-order valence-corrected chi connectivity index (χ1v) is 23.1. The molecule has 0 aromatic rings. The molecule has 61 heavy (non-hydrogen) atoms. The molecular formula is C36H61N8O15PS. The summed E-state index contributed by atoms with van der Waals surface area (Å²) < 4.78 is 27.6. The molecule has 0 unspecified atom stereocenters. The molecule has 0 bridgehead atoms.